The van der Waals surface area contributed by atoms with E-state index in [1.54, 1.807) is 0 Å². The minimum Gasteiger partial charge on any atom is -0.481 e. The second-order valence-electron chi connectivity index (χ2n) is 13.5. The van der Waals surface area contributed by atoms with Crippen molar-refractivity contribution in [1.82, 2.24) is 9.88 Å². The van der Waals surface area contributed by atoms with Gasteiger partial charge < -0.3 is 15.0 Å². The Kier molecular flexibility index (Phi) is 7.21. The van der Waals surface area contributed by atoms with Crippen LogP contribution < -0.4 is 5.32 Å². The summed E-state index contributed by atoms with van der Waals surface area (Å²) in [5.41, 5.74) is 6.34. The molecule has 3 aliphatic carbocycles. The number of hydrogen-bond donors (Lipinski definition) is 2. The van der Waals surface area contributed by atoms with Gasteiger partial charge in [-0.2, -0.15) is 0 Å². The molecule has 0 spiro atoms. The number of carbonyl (C=O) groups excluding carboxylic acids is 1. The van der Waals surface area contributed by atoms with Crippen molar-refractivity contribution >= 4 is 23.5 Å². The van der Waals surface area contributed by atoms with E-state index in [2.05, 4.69) is 55.8 Å². The van der Waals surface area contributed by atoms with Crippen LogP contribution in [0, 0.1) is 18.8 Å². The summed E-state index contributed by atoms with van der Waals surface area (Å²) in [5.74, 6) is -0.767. The van der Waals surface area contributed by atoms with Gasteiger partial charge in [-0.05, 0) is 85.5 Å². The second kappa shape index (κ2) is 10.0. The maximum Gasteiger partial charge on any atom is 0.306 e. The third kappa shape index (κ3) is 5.28. The van der Waals surface area contributed by atoms with Crippen LogP contribution in [0.15, 0.2) is 18.2 Å². The van der Waals surface area contributed by atoms with Crippen LogP contribution in [0.1, 0.15) is 113 Å². The molecule has 3 aliphatic rings. The molecule has 0 unspecified atom stereocenters. The van der Waals surface area contributed by atoms with Gasteiger partial charge in [0.15, 0.2) is 0 Å². The Bertz CT molecular complexity index is 1210. The van der Waals surface area contributed by atoms with Gasteiger partial charge in [0.2, 0.25) is 0 Å². The average molecular weight is 539 g/mol. The molecule has 2 aromatic rings. The van der Waals surface area contributed by atoms with Gasteiger partial charge in [0.05, 0.1) is 22.2 Å². The quantitative estimate of drug-likeness (QED) is 0.380. The summed E-state index contributed by atoms with van der Waals surface area (Å²) in [7, 11) is 0. The molecule has 1 aromatic carbocycles. The van der Waals surface area contributed by atoms with Gasteiger partial charge >= 0.3 is 5.97 Å². The molecule has 1 amide bonds. The Labute approximate surface area is 232 Å². The molecular formula is C32H43ClN2O3. The standard InChI is InChI=1S/C32H43ClN2O3/c1-19-26(29(36)34-25-15-22(16-25)30(37)38)27(33)28(35(19)18-20-9-7-6-8-10-20)21-13-23(31(2,3)4)17-24(14-21)32(5)11-12-32/h13-14,17,20,22,25H,6-12,15-16,18H2,1-5H3,(H,34,36)(H,37,38)/t22-,25-. The van der Waals surface area contributed by atoms with Crippen molar-refractivity contribution in [1.29, 1.82) is 0 Å². The highest BCUT2D eigenvalue weighted by atomic mass is 35.5. The lowest BCUT2D eigenvalue weighted by molar-refractivity contribution is -0.145. The van der Waals surface area contributed by atoms with Crippen LogP contribution in [-0.4, -0.2) is 27.6 Å². The van der Waals surface area contributed by atoms with Gasteiger partial charge in [0.25, 0.3) is 5.91 Å². The molecule has 206 valence electrons. The number of carbonyl (C=O) groups is 2. The molecule has 1 aromatic heterocycles. The third-order valence-electron chi connectivity index (χ3n) is 9.45. The zero-order valence-electron chi connectivity index (χ0n) is 23.6. The number of hydrogen-bond acceptors (Lipinski definition) is 2. The molecule has 0 bridgehead atoms. The van der Waals surface area contributed by atoms with E-state index in [4.69, 9.17) is 11.6 Å². The van der Waals surface area contributed by atoms with Crippen molar-refractivity contribution < 1.29 is 14.7 Å². The van der Waals surface area contributed by atoms with E-state index < -0.39 is 5.97 Å². The van der Waals surface area contributed by atoms with Crippen LogP contribution in [0.25, 0.3) is 11.3 Å². The Morgan fingerprint density at radius 3 is 2.34 bits per heavy atom. The molecule has 5 rings (SSSR count). The van der Waals surface area contributed by atoms with Crippen LogP contribution in [0.3, 0.4) is 0 Å². The van der Waals surface area contributed by atoms with Crippen molar-refractivity contribution in [2.24, 2.45) is 11.8 Å². The highest BCUT2D eigenvalue weighted by molar-refractivity contribution is 6.36. The van der Waals surface area contributed by atoms with Gasteiger partial charge in [-0.25, -0.2) is 0 Å². The number of nitrogens with one attached hydrogen (secondary N) is 1. The Morgan fingerprint density at radius 1 is 1.11 bits per heavy atom. The predicted octanol–water partition coefficient (Wildman–Crippen LogP) is 7.64. The minimum absolute atomic E-state index is 0.0105. The summed E-state index contributed by atoms with van der Waals surface area (Å²) in [5, 5.41) is 12.8. The zero-order valence-corrected chi connectivity index (χ0v) is 24.4. The first-order chi connectivity index (χ1) is 17.9. The van der Waals surface area contributed by atoms with Crippen LogP contribution in [0.4, 0.5) is 0 Å². The van der Waals surface area contributed by atoms with Crippen molar-refractivity contribution in [3.8, 4) is 11.3 Å². The summed E-state index contributed by atoms with van der Waals surface area (Å²) in [4.78, 5) is 24.8. The molecular weight excluding hydrogens is 496 g/mol. The van der Waals surface area contributed by atoms with E-state index in [0.717, 1.165) is 23.5 Å². The van der Waals surface area contributed by atoms with Gasteiger partial charge in [0.1, 0.15) is 0 Å². The van der Waals surface area contributed by atoms with Crippen LogP contribution in [0.2, 0.25) is 5.02 Å². The molecule has 38 heavy (non-hydrogen) atoms. The van der Waals surface area contributed by atoms with Gasteiger partial charge in [-0.15, -0.1) is 0 Å². The summed E-state index contributed by atoms with van der Waals surface area (Å²) < 4.78 is 2.31. The first-order valence-corrected chi connectivity index (χ1v) is 14.8. The molecule has 3 fully saturated rings. The maximum atomic E-state index is 13.6. The number of carboxylic acid groups (broad SMARTS) is 1. The fourth-order valence-electron chi connectivity index (χ4n) is 6.32. The summed E-state index contributed by atoms with van der Waals surface area (Å²) in [6, 6.07) is 6.84. The minimum atomic E-state index is -0.787. The van der Waals surface area contributed by atoms with E-state index in [9.17, 15) is 14.7 Å². The first kappa shape index (κ1) is 27.3. The number of aromatic nitrogens is 1. The molecule has 2 N–H and O–H groups in total. The highest BCUT2D eigenvalue weighted by Crippen LogP contribution is 2.50. The molecule has 0 saturated heterocycles. The summed E-state index contributed by atoms with van der Waals surface area (Å²) in [6.45, 7) is 12.0. The Hall–Kier alpha value is -2.27. The van der Waals surface area contributed by atoms with E-state index in [1.807, 2.05) is 6.92 Å². The average Bonchev–Trinajstić information content (AvgIpc) is 3.53. The van der Waals surface area contributed by atoms with Crippen molar-refractivity contribution in [3.05, 3.63) is 45.6 Å². The summed E-state index contributed by atoms with van der Waals surface area (Å²) in [6.07, 6.45) is 9.58. The number of aliphatic carboxylic acids is 1. The lowest BCUT2D eigenvalue weighted by Gasteiger charge is -2.32. The number of halogens is 1. The SMILES string of the molecule is Cc1c(C(=O)N[C@H]2C[C@H](C(=O)O)C2)c(Cl)c(-c2cc(C(C)(C)C)cc(C3(C)CC3)c2)n1CC1CCCCC1. The van der Waals surface area contributed by atoms with Crippen molar-refractivity contribution in [2.45, 2.75) is 116 Å². The Balaban J connectivity index is 1.57. The lowest BCUT2D eigenvalue weighted by Crippen LogP contribution is -2.46. The fraction of sp³-hybridized carbons (Fsp3) is 0.625. The first-order valence-electron chi connectivity index (χ1n) is 14.5. The molecule has 6 heteroatoms. The lowest BCUT2D eigenvalue weighted by atomic mass is 9.80. The monoisotopic (exact) mass is 538 g/mol. The number of amides is 1. The van der Waals surface area contributed by atoms with E-state index in [1.165, 1.54) is 56.1 Å². The van der Waals surface area contributed by atoms with Crippen molar-refractivity contribution in [2.75, 3.05) is 0 Å². The van der Waals surface area contributed by atoms with Crippen LogP contribution in [-0.2, 0) is 22.2 Å². The maximum absolute atomic E-state index is 13.6. The molecule has 0 radical (unpaired) electrons. The smallest absolute Gasteiger partial charge is 0.306 e. The fourth-order valence-corrected chi connectivity index (χ4v) is 6.75. The van der Waals surface area contributed by atoms with Crippen molar-refractivity contribution in [3.63, 3.8) is 0 Å². The number of nitrogens with zero attached hydrogens (tertiary/aromatic N) is 1. The van der Waals surface area contributed by atoms with Gasteiger partial charge in [0, 0.05) is 23.8 Å². The van der Waals surface area contributed by atoms with E-state index >= 15 is 0 Å². The number of carboxylic acids is 1. The normalized spacial score (nSPS) is 23.1. The number of rotatable bonds is 7. The molecule has 3 saturated carbocycles. The Morgan fingerprint density at radius 2 is 1.76 bits per heavy atom. The molecule has 0 atom stereocenters. The van der Waals surface area contributed by atoms with Gasteiger partial charge in [-0.1, -0.05) is 64.6 Å². The zero-order chi connectivity index (χ0) is 27.4. The highest BCUT2D eigenvalue weighted by Gasteiger charge is 2.40. The molecule has 0 aliphatic heterocycles. The van der Waals surface area contributed by atoms with Gasteiger partial charge in [-0.3, -0.25) is 9.59 Å². The number of benzene rings is 1. The van der Waals surface area contributed by atoms with E-state index in [0.29, 0.717) is 29.3 Å². The van der Waals surface area contributed by atoms with Crippen LogP contribution >= 0.6 is 11.6 Å². The molecule has 5 nitrogen and oxygen atoms in total. The predicted molar refractivity (Wildman–Crippen MR) is 153 cm³/mol. The topological polar surface area (TPSA) is 71.3 Å². The van der Waals surface area contributed by atoms with E-state index in [-0.39, 0.29) is 28.7 Å². The molecule has 1 heterocycles. The van der Waals surface area contributed by atoms with Crippen LogP contribution in [0.5, 0.6) is 0 Å². The second-order valence-corrected chi connectivity index (χ2v) is 13.9. The largest absolute Gasteiger partial charge is 0.481 e. The third-order valence-corrected chi connectivity index (χ3v) is 9.82. The summed E-state index contributed by atoms with van der Waals surface area (Å²) >= 11 is 7.18.